The number of hydrogen-bond acceptors (Lipinski definition) is 4. The Bertz CT molecular complexity index is 640. The van der Waals surface area contributed by atoms with Gasteiger partial charge in [0.25, 0.3) is 0 Å². The Morgan fingerprint density at radius 2 is 2.00 bits per heavy atom. The molecule has 0 saturated heterocycles. The van der Waals surface area contributed by atoms with E-state index < -0.39 is 0 Å². The van der Waals surface area contributed by atoms with Gasteiger partial charge in [-0.15, -0.1) is 24.0 Å². The van der Waals surface area contributed by atoms with Crippen molar-refractivity contribution in [2.45, 2.75) is 32.9 Å². The first-order chi connectivity index (χ1) is 10.4. The van der Waals surface area contributed by atoms with Gasteiger partial charge in [0.15, 0.2) is 5.96 Å². The molecule has 0 aromatic carbocycles. The van der Waals surface area contributed by atoms with Crippen LogP contribution in [0.5, 0.6) is 5.88 Å². The Labute approximate surface area is 153 Å². The number of anilines is 1. The molecule has 0 saturated carbocycles. The van der Waals surface area contributed by atoms with E-state index in [0.29, 0.717) is 24.2 Å². The van der Waals surface area contributed by atoms with Crippen LogP contribution in [-0.2, 0) is 6.54 Å². The summed E-state index contributed by atoms with van der Waals surface area (Å²) in [5, 5.41) is 2.92. The van der Waals surface area contributed by atoms with Crippen LogP contribution < -0.4 is 15.8 Å². The summed E-state index contributed by atoms with van der Waals surface area (Å²) in [5.41, 5.74) is 6.33. The van der Waals surface area contributed by atoms with Gasteiger partial charge >= 0.3 is 0 Å². The normalized spacial score (nSPS) is 11.5. The molecule has 0 aliphatic heterocycles. The van der Waals surface area contributed by atoms with Gasteiger partial charge in [-0.05, 0) is 39.0 Å². The summed E-state index contributed by atoms with van der Waals surface area (Å²) < 4.78 is 5.73. The minimum Gasteiger partial charge on any atom is -0.472 e. The van der Waals surface area contributed by atoms with Crippen molar-refractivity contribution in [2.24, 2.45) is 10.7 Å². The number of nitrogens with one attached hydrogen (secondary N) is 1. The number of aliphatic imine (C=N–C) groups is 1. The summed E-state index contributed by atoms with van der Waals surface area (Å²) in [7, 11) is 0. The number of rotatable bonds is 4. The molecule has 0 fully saturated rings. The lowest BCUT2D eigenvalue weighted by atomic mass is 10.2. The molecule has 6 nitrogen and oxygen atoms in total. The molecule has 0 amide bonds. The second-order valence-electron chi connectivity index (χ2n) is 5.72. The van der Waals surface area contributed by atoms with E-state index in [1.165, 1.54) is 0 Å². The Morgan fingerprint density at radius 3 is 2.65 bits per heavy atom. The SMILES string of the molecule is CC(C)(C)Oc1cccc(CN=C(N)Nc2ccccn2)n1.I. The van der Waals surface area contributed by atoms with Crippen LogP contribution in [0.2, 0.25) is 0 Å². The highest BCUT2D eigenvalue weighted by Crippen LogP contribution is 2.15. The van der Waals surface area contributed by atoms with Crippen molar-refractivity contribution in [3.8, 4) is 5.88 Å². The monoisotopic (exact) mass is 427 g/mol. The third-order valence-corrected chi connectivity index (χ3v) is 2.52. The van der Waals surface area contributed by atoms with E-state index >= 15 is 0 Å². The van der Waals surface area contributed by atoms with Crippen molar-refractivity contribution in [1.29, 1.82) is 0 Å². The van der Waals surface area contributed by atoms with Crippen LogP contribution in [0.15, 0.2) is 47.6 Å². The molecule has 2 aromatic rings. The molecule has 0 atom stereocenters. The summed E-state index contributed by atoms with van der Waals surface area (Å²) in [5.74, 6) is 1.53. The molecule has 23 heavy (non-hydrogen) atoms. The van der Waals surface area contributed by atoms with Crippen molar-refractivity contribution in [3.05, 3.63) is 48.3 Å². The van der Waals surface area contributed by atoms with Crippen molar-refractivity contribution in [1.82, 2.24) is 9.97 Å². The van der Waals surface area contributed by atoms with Crippen molar-refractivity contribution >= 4 is 35.8 Å². The lowest BCUT2D eigenvalue weighted by molar-refractivity contribution is 0.124. The van der Waals surface area contributed by atoms with Gasteiger partial charge < -0.3 is 15.8 Å². The summed E-state index contributed by atoms with van der Waals surface area (Å²) in [4.78, 5) is 12.8. The van der Waals surface area contributed by atoms with Crippen LogP contribution in [-0.4, -0.2) is 21.5 Å². The summed E-state index contributed by atoms with van der Waals surface area (Å²) in [6, 6.07) is 11.1. The van der Waals surface area contributed by atoms with Crippen LogP contribution in [0.1, 0.15) is 26.5 Å². The molecule has 0 radical (unpaired) electrons. The van der Waals surface area contributed by atoms with E-state index in [0.717, 1.165) is 5.69 Å². The zero-order valence-corrected chi connectivity index (χ0v) is 15.8. The molecule has 0 aliphatic carbocycles. The topological polar surface area (TPSA) is 85.4 Å². The van der Waals surface area contributed by atoms with Gasteiger partial charge in [0.1, 0.15) is 11.4 Å². The van der Waals surface area contributed by atoms with E-state index in [-0.39, 0.29) is 29.6 Å². The van der Waals surface area contributed by atoms with Gasteiger partial charge in [0, 0.05) is 12.3 Å². The average Bonchev–Trinajstić information content (AvgIpc) is 2.45. The lowest BCUT2D eigenvalue weighted by Crippen LogP contribution is -2.24. The molecule has 2 heterocycles. The van der Waals surface area contributed by atoms with E-state index in [1.807, 2.05) is 57.2 Å². The lowest BCUT2D eigenvalue weighted by Gasteiger charge is -2.20. The standard InChI is InChI=1S/C16H21N5O.HI/c1-16(2,3)22-14-9-6-7-12(20-14)11-19-15(17)21-13-8-4-5-10-18-13;/h4-10H,11H2,1-3H3,(H3,17,18,19,21);1H. The van der Waals surface area contributed by atoms with Crippen molar-refractivity contribution < 1.29 is 4.74 Å². The Morgan fingerprint density at radius 1 is 1.22 bits per heavy atom. The molecule has 124 valence electrons. The zero-order chi connectivity index (χ0) is 16.0. The molecular weight excluding hydrogens is 405 g/mol. The van der Waals surface area contributed by atoms with Crippen molar-refractivity contribution in [2.75, 3.05) is 5.32 Å². The number of guanidine groups is 1. The van der Waals surface area contributed by atoms with Crippen LogP contribution >= 0.6 is 24.0 Å². The first-order valence-electron chi connectivity index (χ1n) is 7.05. The van der Waals surface area contributed by atoms with Crippen LogP contribution in [0, 0.1) is 0 Å². The number of ether oxygens (including phenoxy) is 1. The van der Waals surface area contributed by atoms with Crippen molar-refractivity contribution in [3.63, 3.8) is 0 Å². The van der Waals surface area contributed by atoms with Gasteiger partial charge in [-0.1, -0.05) is 12.1 Å². The summed E-state index contributed by atoms with van der Waals surface area (Å²) >= 11 is 0. The number of halogens is 1. The van der Waals surface area contributed by atoms with Crippen LogP contribution in [0.3, 0.4) is 0 Å². The molecule has 7 heteroatoms. The summed E-state index contributed by atoms with van der Waals surface area (Å²) in [6.45, 7) is 6.31. The fraction of sp³-hybridized carbons (Fsp3) is 0.312. The first-order valence-corrected chi connectivity index (χ1v) is 7.05. The highest BCUT2D eigenvalue weighted by Gasteiger charge is 2.12. The molecule has 0 unspecified atom stereocenters. The number of hydrogen-bond donors (Lipinski definition) is 2. The fourth-order valence-corrected chi connectivity index (χ4v) is 1.69. The third kappa shape index (κ3) is 7.27. The first kappa shape index (κ1) is 19.1. The van der Waals surface area contributed by atoms with E-state index in [9.17, 15) is 0 Å². The Kier molecular flexibility index (Phi) is 7.21. The molecule has 2 aromatic heterocycles. The van der Waals surface area contributed by atoms with Gasteiger partial charge in [-0.25, -0.2) is 15.0 Å². The Balaban J connectivity index is 0.00000264. The summed E-state index contributed by atoms with van der Waals surface area (Å²) in [6.07, 6.45) is 1.68. The second kappa shape index (κ2) is 8.66. The zero-order valence-electron chi connectivity index (χ0n) is 13.5. The number of pyridine rings is 2. The molecule has 0 spiro atoms. The number of nitrogens with two attached hydrogens (primary N) is 1. The Hall–Kier alpha value is -1.90. The van der Waals surface area contributed by atoms with Gasteiger partial charge in [0.2, 0.25) is 5.88 Å². The molecule has 3 N–H and O–H groups in total. The quantitative estimate of drug-likeness (QED) is 0.445. The highest BCUT2D eigenvalue weighted by molar-refractivity contribution is 14.0. The molecule has 0 bridgehead atoms. The molecule has 2 rings (SSSR count). The van der Waals surface area contributed by atoms with E-state index in [4.69, 9.17) is 10.5 Å². The molecule has 0 aliphatic rings. The average molecular weight is 427 g/mol. The minimum atomic E-state index is -0.283. The van der Waals surface area contributed by atoms with Gasteiger partial charge in [0.05, 0.1) is 12.2 Å². The van der Waals surface area contributed by atoms with E-state index in [2.05, 4.69) is 20.3 Å². The minimum absolute atomic E-state index is 0. The maximum atomic E-state index is 5.83. The van der Waals surface area contributed by atoms with Gasteiger partial charge in [-0.3, -0.25) is 0 Å². The van der Waals surface area contributed by atoms with Gasteiger partial charge in [-0.2, -0.15) is 0 Å². The number of nitrogens with zero attached hydrogens (tertiary/aromatic N) is 3. The smallest absolute Gasteiger partial charge is 0.214 e. The maximum Gasteiger partial charge on any atom is 0.214 e. The van der Waals surface area contributed by atoms with Crippen LogP contribution in [0.25, 0.3) is 0 Å². The maximum absolute atomic E-state index is 5.83. The van der Waals surface area contributed by atoms with E-state index in [1.54, 1.807) is 6.20 Å². The van der Waals surface area contributed by atoms with Crippen LogP contribution in [0.4, 0.5) is 5.82 Å². The molecular formula is C16H22IN5O. The predicted octanol–water partition coefficient (Wildman–Crippen LogP) is 3.20. The second-order valence-corrected chi connectivity index (χ2v) is 5.72. The third-order valence-electron chi connectivity index (χ3n) is 2.52. The number of aromatic nitrogens is 2. The fourth-order valence-electron chi connectivity index (χ4n) is 1.69. The predicted molar refractivity (Wildman–Crippen MR) is 103 cm³/mol. The largest absolute Gasteiger partial charge is 0.472 e. The highest BCUT2D eigenvalue weighted by atomic mass is 127.